The lowest BCUT2D eigenvalue weighted by atomic mass is 10.2. The molecule has 0 saturated heterocycles. The van der Waals surface area contributed by atoms with E-state index in [1.807, 2.05) is 0 Å². The van der Waals surface area contributed by atoms with E-state index >= 15 is 0 Å². The highest BCUT2D eigenvalue weighted by molar-refractivity contribution is 5.40. The molecule has 2 aromatic carbocycles. The number of ether oxygens (including phenoxy) is 1. The topological polar surface area (TPSA) is 53.2 Å². The zero-order valence-corrected chi connectivity index (χ0v) is 9.02. The van der Waals surface area contributed by atoms with Gasteiger partial charge in [0.05, 0.1) is 11.6 Å². The summed E-state index contributed by atoms with van der Waals surface area (Å²) in [6.07, 6.45) is 0. The van der Waals surface area contributed by atoms with Gasteiger partial charge in [-0.25, -0.2) is 8.78 Å². The van der Waals surface area contributed by atoms with Crippen molar-refractivity contribution in [2.24, 2.45) is 0 Å². The number of hydrogen-bond acceptors (Lipinski definition) is 3. The molecule has 0 aromatic heterocycles. The van der Waals surface area contributed by atoms with Crippen LogP contribution in [0.3, 0.4) is 0 Å². The average Bonchev–Trinajstić information content (AvgIpc) is 2.35. The molecule has 3 nitrogen and oxygen atoms in total. The van der Waals surface area contributed by atoms with Crippen LogP contribution in [0.4, 0.5) is 8.78 Å². The van der Waals surface area contributed by atoms with E-state index in [-0.39, 0.29) is 17.1 Å². The third-order valence-electron chi connectivity index (χ3n) is 2.18. The number of benzene rings is 2. The van der Waals surface area contributed by atoms with Gasteiger partial charge in [-0.15, -0.1) is 0 Å². The monoisotopic (exact) mass is 247 g/mol. The van der Waals surface area contributed by atoms with Gasteiger partial charge in [-0.3, -0.25) is 0 Å². The van der Waals surface area contributed by atoms with Crippen molar-refractivity contribution in [3.8, 4) is 23.3 Å². The highest BCUT2D eigenvalue weighted by atomic mass is 19.1. The molecule has 18 heavy (non-hydrogen) atoms. The Balaban J connectivity index is 2.35. The zero-order chi connectivity index (χ0) is 13.1. The summed E-state index contributed by atoms with van der Waals surface area (Å²) in [7, 11) is 0. The highest BCUT2D eigenvalue weighted by Gasteiger charge is 2.13. The average molecular weight is 247 g/mol. The van der Waals surface area contributed by atoms with Gasteiger partial charge in [-0.1, -0.05) is 0 Å². The summed E-state index contributed by atoms with van der Waals surface area (Å²) in [6, 6.07) is 8.81. The van der Waals surface area contributed by atoms with Gasteiger partial charge in [-0.05, 0) is 36.4 Å². The lowest BCUT2D eigenvalue weighted by molar-refractivity contribution is 0.406. The van der Waals surface area contributed by atoms with Gasteiger partial charge < -0.3 is 9.84 Å². The minimum atomic E-state index is -0.959. The molecular weight excluding hydrogens is 240 g/mol. The summed E-state index contributed by atoms with van der Waals surface area (Å²) < 4.78 is 32.0. The predicted octanol–water partition coefficient (Wildman–Crippen LogP) is 3.33. The maximum Gasteiger partial charge on any atom is 0.198 e. The number of phenols is 1. The molecule has 2 aromatic rings. The fourth-order valence-electron chi connectivity index (χ4n) is 1.35. The lowest BCUT2D eigenvalue weighted by Crippen LogP contribution is -1.94. The highest BCUT2D eigenvalue weighted by Crippen LogP contribution is 2.29. The second-order valence-corrected chi connectivity index (χ2v) is 3.48. The molecule has 0 aliphatic heterocycles. The normalized spacial score (nSPS) is 9.83. The Labute approximate surface area is 101 Å². The second-order valence-electron chi connectivity index (χ2n) is 3.48. The van der Waals surface area contributed by atoms with E-state index in [4.69, 9.17) is 15.1 Å². The summed E-state index contributed by atoms with van der Waals surface area (Å²) >= 11 is 0. The van der Waals surface area contributed by atoms with Crippen molar-refractivity contribution in [1.82, 2.24) is 0 Å². The first-order valence-electron chi connectivity index (χ1n) is 4.96. The molecular formula is C13H7F2NO2. The van der Waals surface area contributed by atoms with Gasteiger partial charge in [0.25, 0.3) is 0 Å². The van der Waals surface area contributed by atoms with Gasteiger partial charge in [0.2, 0.25) is 0 Å². The van der Waals surface area contributed by atoms with E-state index in [0.29, 0.717) is 0 Å². The third-order valence-corrected chi connectivity index (χ3v) is 2.18. The maximum absolute atomic E-state index is 13.5. The van der Waals surface area contributed by atoms with Gasteiger partial charge in [-0.2, -0.15) is 5.26 Å². The second kappa shape index (κ2) is 4.72. The molecule has 0 radical (unpaired) electrons. The molecule has 0 atom stereocenters. The standard InChI is InChI=1S/C13H7F2NO2/c14-11-5-8(7-16)6-12(15)13(11)18-10-3-1-9(17)2-4-10/h1-6,17H. The van der Waals surface area contributed by atoms with Crippen molar-refractivity contribution in [3.05, 3.63) is 53.6 Å². The number of phenolic OH excluding ortho intramolecular Hbond substituents is 1. The number of nitrogens with zero attached hydrogens (tertiary/aromatic N) is 1. The van der Waals surface area contributed by atoms with Crippen molar-refractivity contribution in [2.75, 3.05) is 0 Å². The van der Waals surface area contributed by atoms with E-state index < -0.39 is 17.4 Å². The number of rotatable bonds is 2. The van der Waals surface area contributed by atoms with Gasteiger partial charge >= 0.3 is 0 Å². The van der Waals surface area contributed by atoms with E-state index in [0.717, 1.165) is 12.1 Å². The smallest absolute Gasteiger partial charge is 0.198 e. The quantitative estimate of drug-likeness (QED) is 0.885. The van der Waals surface area contributed by atoms with E-state index in [1.165, 1.54) is 24.3 Å². The molecule has 0 unspecified atom stereocenters. The molecule has 0 saturated carbocycles. The fourth-order valence-corrected chi connectivity index (χ4v) is 1.35. The Hall–Kier alpha value is -2.61. The molecule has 2 rings (SSSR count). The largest absolute Gasteiger partial charge is 0.508 e. The molecule has 0 bridgehead atoms. The number of aromatic hydroxyl groups is 1. The molecule has 90 valence electrons. The van der Waals surface area contributed by atoms with Crippen LogP contribution in [0, 0.1) is 23.0 Å². The Morgan fingerprint density at radius 1 is 1.06 bits per heavy atom. The van der Waals surface area contributed by atoms with Crippen molar-refractivity contribution in [1.29, 1.82) is 5.26 Å². The van der Waals surface area contributed by atoms with Gasteiger partial charge in [0, 0.05) is 0 Å². The van der Waals surface area contributed by atoms with Crippen LogP contribution >= 0.6 is 0 Å². The molecule has 0 aliphatic rings. The molecule has 0 heterocycles. The zero-order valence-electron chi connectivity index (χ0n) is 9.02. The van der Waals surface area contributed by atoms with E-state index in [2.05, 4.69) is 0 Å². The number of hydrogen-bond donors (Lipinski definition) is 1. The minimum absolute atomic E-state index is 0.0168. The Kier molecular flexibility index (Phi) is 3.11. The molecule has 0 spiro atoms. The first kappa shape index (κ1) is 11.9. The van der Waals surface area contributed by atoms with Crippen LogP contribution in [0.15, 0.2) is 36.4 Å². The molecule has 0 amide bonds. The fraction of sp³-hybridized carbons (Fsp3) is 0. The van der Waals surface area contributed by atoms with Crippen LogP contribution in [-0.4, -0.2) is 5.11 Å². The molecule has 0 aliphatic carbocycles. The number of nitriles is 1. The van der Waals surface area contributed by atoms with Crippen LogP contribution in [0.25, 0.3) is 0 Å². The molecule has 5 heteroatoms. The molecule has 0 fully saturated rings. The SMILES string of the molecule is N#Cc1cc(F)c(Oc2ccc(O)cc2)c(F)c1. The first-order chi connectivity index (χ1) is 8.60. The van der Waals surface area contributed by atoms with Crippen molar-refractivity contribution < 1.29 is 18.6 Å². The van der Waals surface area contributed by atoms with Crippen LogP contribution in [-0.2, 0) is 0 Å². The van der Waals surface area contributed by atoms with Gasteiger partial charge in [0.1, 0.15) is 11.5 Å². The first-order valence-corrected chi connectivity index (χ1v) is 4.96. The van der Waals surface area contributed by atoms with Crippen molar-refractivity contribution >= 4 is 0 Å². The summed E-state index contributed by atoms with van der Waals surface area (Å²) in [5.41, 5.74) is -0.122. The predicted molar refractivity (Wildman–Crippen MR) is 59.3 cm³/mol. The van der Waals surface area contributed by atoms with Crippen molar-refractivity contribution in [3.63, 3.8) is 0 Å². The third kappa shape index (κ3) is 2.38. The maximum atomic E-state index is 13.5. The molecule has 1 N–H and O–H groups in total. The minimum Gasteiger partial charge on any atom is -0.508 e. The number of halogens is 2. The Morgan fingerprint density at radius 2 is 1.61 bits per heavy atom. The van der Waals surface area contributed by atoms with Crippen molar-refractivity contribution in [2.45, 2.75) is 0 Å². The van der Waals surface area contributed by atoms with Crippen LogP contribution < -0.4 is 4.74 Å². The Bertz CT molecular complexity index is 595. The summed E-state index contributed by atoms with van der Waals surface area (Å²) in [4.78, 5) is 0. The summed E-state index contributed by atoms with van der Waals surface area (Å²) in [6.45, 7) is 0. The summed E-state index contributed by atoms with van der Waals surface area (Å²) in [5, 5.41) is 17.6. The van der Waals surface area contributed by atoms with Crippen LogP contribution in [0.1, 0.15) is 5.56 Å². The van der Waals surface area contributed by atoms with E-state index in [1.54, 1.807) is 6.07 Å². The Morgan fingerprint density at radius 3 is 2.11 bits per heavy atom. The van der Waals surface area contributed by atoms with Crippen LogP contribution in [0.5, 0.6) is 17.2 Å². The van der Waals surface area contributed by atoms with Gasteiger partial charge in [0.15, 0.2) is 17.4 Å². The summed E-state index contributed by atoms with van der Waals surface area (Å²) in [5.74, 6) is -2.31. The van der Waals surface area contributed by atoms with E-state index in [9.17, 15) is 8.78 Å². The lowest BCUT2D eigenvalue weighted by Gasteiger charge is -2.08. The van der Waals surface area contributed by atoms with Crippen LogP contribution in [0.2, 0.25) is 0 Å².